The van der Waals surface area contributed by atoms with Gasteiger partial charge in [-0.1, -0.05) is 6.42 Å². The van der Waals surface area contributed by atoms with E-state index in [1.54, 1.807) is 29.5 Å². The van der Waals surface area contributed by atoms with Gasteiger partial charge >= 0.3 is 0 Å². The third-order valence-electron chi connectivity index (χ3n) is 4.88. The van der Waals surface area contributed by atoms with E-state index in [2.05, 4.69) is 4.98 Å². The van der Waals surface area contributed by atoms with Gasteiger partial charge in [-0.15, -0.1) is 11.3 Å². The number of H-pyrrole nitrogens is 1. The van der Waals surface area contributed by atoms with E-state index in [4.69, 9.17) is 20.2 Å². The average Bonchev–Trinajstić information content (AvgIpc) is 2.88. The lowest BCUT2D eigenvalue weighted by atomic mass is 10.1. The molecule has 3 aromatic rings. The zero-order chi connectivity index (χ0) is 19.7. The number of aromatic amines is 1. The second kappa shape index (κ2) is 7.63. The maximum absolute atomic E-state index is 12.8. The van der Waals surface area contributed by atoms with E-state index in [1.807, 2.05) is 0 Å². The number of hydrogen-bond acceptors (Lipinski definition) is 6. The average molecular weight is 399 g/mol. The highest BCUT2D eigenvalue weighted by Crippen LogP contribution is 2.35. The fraction of sp³-hybridized carbons (Fsp3) is 0.350. The molecule has 0 fully saturated rings. The molecule has 28 heavy (non-hydrogen) atoms. The number of aryl methyl sites for hydroxylation is 2. The van der Waals surface area contributed by atoms with Gasteiger partial charge in [-0.2, -0.15) is 0 Å². The first-order chi connectivity index (χ1) is 13.6. The number of nitrogens with one attached hydrogen (secondary N) is 1. The number of aromatic nitrogens is 2. The van der Waals surface area contributed by atoms with Crippen molar-refractivity contribution in [2.24, 2.45) is 5.73 Å². The molecule has 0 saturated carbocycles. The lowest BCUT2D eigenvalue weighted by Gasteiger charge is -2.11. The van der Waals surface area contributed by atoms with Crippen LogP contribution in [0.4, 0.5) is 0 Å². The third kappa shape index (κ3) is 3.47. The zero-order valence-electron chi connectivity index (χ0n) is 15.5. The molecule has 0 saturated heterocycles. The number of hydrogen-bond donors (Lipinski definition) is 2. The first-order valence-corrected chi connectivity index (χ1v) is 10.0. The SMILES string of the molecule is COc1cc(-c2nc3sc4c(c3c(=O)[nH]2)CCCCC4)ccc1OCC(N)=O. The summed E-state index contributed by atoms with van der Waals surface area (Å²) in [6.07, 6.45) is 5.44. The Morgan fingerprint density at radius 2 is 2.07 bits per heavy atom. The van der Waals surface area contributed by atoms with E-state index in [0.717, 1.165) is 35.9 Å². The molecule has 0 unspecified atom stereocenters. The number of nitrogens with two attached hydrogens (primary N) is 1. The van der Waals surface area contributed by atoms with Gasteiger partial charge in [0.1, 0.15) is 10.7 Å². The van der Waals surface area contributed by atoms with E-state index in [9.17, 15) is 9.59 Å². The van der Waals surface area contributed by atoms with Crippen molar-refractivity contribution >= 4 is 27.5 Å². The Labute approximate surface area is 165 Å². The number of carbonyl (C=O) groups excluding carboxylic acids is 1. The van der Waals surface area contributed by atoms with Gasteiger partial charge in [0.2, 0.25) is 0 Å². The van der Waals surface area contributed by atoms with Crippen molar-refractivity contribution in [3.8, 4) is 22.9 Å². The molecule has 1 aromatic carbocycles. The third-order valence-corrected chi connectivity index (χ3v) is 6.07. The summed E-state index contributed by atoms with van der Waals surface area (Å²) in [6, 6.07) is 5.16. The van der Waals surface area contributed by atoms with Crippen LogP contribution in [0.2, 0.25) is 0 Å². The van der Waals surface area contributed by atoms with Crippen LogP contribution in [-0.4, -0.2) is 29.6 Å². The largest absolute Gasteiger partial charge is 0.493 e. The highest BCUT2D eigenvalue weighted by molar-refractivity contribution is 7.18. The number of primary amides is 1. The molecule has 0 radical (unpaired) electrons. The Morgan fingerprint density at radius 1 is 1.25 bits per heavy atom. The number of nitrogens with zero attached hydrogens (tertiary/aromatic N) is 1. The van der Waals surface area contributed by atoms with Gasteiger partial charge in [-0.3, -0.25) is 9.59 Å². The van der Waals surface area contributed by atoms with Gasteiger partial charge < -0.3 is 20.2 Å². The van der Waals surface area contributed by atoms with E-state index in [-0.39, 0.29) is 12.2 Å². The van der Waals surface area contributed by atoms with Gasteiger partial charge in [0.05, 0.1) is 12.5 Å². The number of thiophene rings is 1. The van der Waals surface area contributed by atoms with Crippen LogP contribution in [0.5, 0.6) is 11.5 Å². The Bertz CT molecular complexity index is 1100. The molecule has 2 aromatic heterocycles. The van der Waals surface area contributed by atoms with E-state index in [0.29, 0.717) is 22.9 Å². The smallest absolute Gasteiger partial charge is 0.260 e. The molecule has 2 heterocycles. The summed E-state index contributed by atoms with van der Waals surface area (Å²) in [4.78, 5) is 33.4. The quantitative estimate of drug-likeness (QED) is 0.642. The van der Waals surface area contributed by atoms with Crippen molar-refractivity contribution in [2.45, 2.75) is 32.1 Å². The van der Waals surface area contributed by atoms with Crippen molar-refractivity contribution < 1.29 is 14.3 Å². The topological polar surface area (TPSA) is 107 Å². The number of amides is 1. The summed E-state index contributed by atoms with van der Waals surface area (Å²) in [5.74, 6) is 0.744. The number of benzene rings is 1. The Kier molecular flexibility index (Phi) is 5.04. The number of fused-ring (bicyclic) bond motifs is 3. The van der Waals surface area contributed by atoms with Crippen molar-refractivity contribution in [2.75, 3.05) is 13.7 Å². The molecule has 0 spiro atoms. The van der Waals surface area contributed by atoms with Crippen LogP contribution >= 0.6 is 11.3 Å². The normalized spacial score (nSPS) is 13.8. The number of methoxy groups -OCH3 is 1. The standard InChI is InChI=1S/C20H21N3O4S/c1-26-14-9-11(7-8-13(14)27-10-16(21)24)18-22-19(25)17-12-5-3-2-4-6-15(12)28-20(17)23-18/h7-9H,2-6,10H2,1H3,(H2,21,24)(H,22,23,25). The predicted molar refractivity (Wildman–Crippen MR) is 108 cm³/mol. The molecule has 7 nitrogen and oxygen atoms in total. The summed E-state index contributed by atoms with van der Waals surface area (Å²) < 4.78 is 10.7. The molecule has 3 N–H and O–H groups in total. The molecule has 0 atom stereocenters. The number of ether oxygens (including phenoxy) is 2. The fourth-order valence-electron chi connectivity index (χ4n) is 3.56. The van der Waals surface area contributed by atoms with Gasteiger partial charge in [-0.05, 0) is 49.4 Å². The Morgan fingerprint density at radius 3 is 2.86 bits per heavy atom. The van der Waals surface area contributed by atoms with Crippen LogP contribution in [0, 0.1) is 0 Å². The molecule has 1 amide bonds. The molecule has 4 rings (SSSR count). The fourth-order valence-corrected chi connectivity index (χ4v) is 4.82. The first-order valence-electron chi connectivity index (χ1n) is 9.21. The second-order valence-electron chi connectivity index (χ2n) is 6.78. The van der Waals surface area contributed by atoms with Crippen LogP contribution in [0.25, 0.3) is 21.6 Å². The van der Waals surface area contributed by atoms with Crippen molar-refractivity contribution in [1.82, 2.24) is 9.97 Å². The summed E-state index contributed by atoms with van der Waals surface area (Å²) in [7, 11) is 1.51. The van der Waals surface area contributed by atoms with Gasteiger partial charge in [-0.25, -0.2) is 4.98 Å². The monoisotopic (exact) mass is 399 g/mol. The van der Waals surface area contributed by atoms with Crippen LogP contribution in [0.1, 0.15) is 29.7 Å². The van der Waals surface area contributed by atoms with E-state index >= 15 is 0 Å². The lowest BCUT2D eigenvalue weighted by molar-refractivity contribution is -0.119. The molecule has 8 heteroatoms. The van der Waals surface area contributed by atoms with E-state index in [1.165, 1.54) is 24.0 Å². The molecule has 1 aliphatic rings. The Hall–Kier alpha value is -2.87. The Balaban J connectivity index is 1.75. The molecule has 1 aliphatic carbocycles. The molecular weight excluding hydrogens is 378 g/mol. The maximum atomic E-state index is 12.8. The second-order valence-corrected chi connectivity index (χ2v) is 7.86. The van der Waals surface area contributed by atoms with Crippen molar-refractivity contribution in [1.29, 1.82) is 0 Å². The summed E-state index contributed by atoms with van der Waals surface area (Å²) in [5.41, 5.74) is 6.89. The minimum absolute atomic E-state index is 0.104. The summed E-state index contributed by atoms with van der Waals surface area (Å²) >= 11 is 1.62. The minimum Gasteiger partial charge on any atom is -0.493 e. The number of carbonyl (C=O) groups is 1. The number of rotatable bonds is 5. The van der Waals surface area contributed by atoms with Crippen LogP contribution in [-0.2, 0) is 17.6 Å². The predicted octanol–water partition coefficient (Wildman–Crippen LogP) is 2.79. The minimum atomic E-state index is -0.569. The molecule has 0 aliphatic heterocycles. The highest BCUT2D eigenvalue weighted by atomic mass is 32.1. The lowest BCUT2D eigenvalue weighted by Crippen LogP contribution is -2.20. The highest BCUT2D eigenvalue weighted by Gasteiger charge is 2.19. The summed E-state index contributed by atoms with van der Waals surface area (Å²) in [6.45, 7) is -0.239. The van der Waals surface area contributed by atoms with Crippen LogP contribution < -0.4 is 20.8 Å². The molecule has 146 valence electrons. The van der Waals surface area contributed by atoms with Crippen LogP contribution in [0.15, 0.2) is 23.0 Å². The summed E-state index contributed by atoms with van der Waals surface area (Å²) in [5, 5.41) is 0.735. The first kappa shape index (κ1) is 18.5. The van der Waals surface area contributed by atoms with Gasteiger partial charge in [0.25, 0.3) is 11.5 Å². The van der Waals surface area contributed by atoms with Crippen LogP contribution in [0.3, 0.4) is 0 Å². The van der Waals surface area contributed by atoms with Gasteiger partial charge in [0.15, 0.2) is 18.1 Å². The van der Waals surface area contributed by atoms with E-state index < -0.39 is 5.91 Å². The molecular formula is C20H21N3O4S. The van der Waals surface area contributed by atoms with Crippen molar-refractivity contribution in [3.05, 3.63) is 39.0 Å². The molecule has 0 bridgehead atoms. The maximum Gasteiger partial charge on any atom is 0.260 e. The zero-order valence-corrected chi connectivity index (χ0v) is 16.4. The van der Waals surface area contributed by atoms with Crippen molar-refractivity contribution in [3.63, 3.8) is 0 Å². The van der Waals surface area contributed by atoms with Gasteiger partial charge in [0, 0.05) is 10.4 Å².